The Labute approximate surface area is 94.2 Å². The van der Waals surface area contributed by atoms with E-state index in [4.69, 9.17) is 4.74 Å². The fraction of sp³-hybridized carbons (Fsp3) is 1.00. The Bertz CT molecular complexity index is 140. The van der Waals surface area contributed by atoms with Crippen LogP contribution in [0.15, 0.2) is 0 Å². The molecule has 0 aliphatic rings. The van der Waals surface area contributed by atoms with Gasteiger partial charge < -0.3 is 15.2 Å². The summed E-state index contributed by atoms with van der Waals surface area (Å²) in [6, 6.07) is 0. The molecule has 0 aliphatic heterocycles. The SMILES string of the molecule is CCC(C)CNCC(O)COCC(C)C. The quantitative estimate of drug-likeness (QED) is 0.617. The first-order valence-corrected chi connectivity index (χ1v) is 6.02. The van der Waals surface area contributed by atoms with E-state index in [0.717, 1.165) is 13.2 Å². The summed E-state index contributed by atoms with van der Waals surface area (Å²) in [6.07, 6.45) is 0.792. The summed E-state index contributed by atoms with van der Waals surface area (Å²) >= 11 is 0. The van der Waals surface area contributed by atoms with Gasteiger partial charge in [0.1, 0.15) is 0 Å². The van der Waals surface area contributed by atoms with Crippen molar-refractivity contribution >= 4 is 0 Å². The lowest BCUT2D eigenvalue weighted by molar-refractivity contribution is 0.0259. The second kappa shape index (κ2) is 9.13. The lowest BCUT2D eigenvalue weighted by Gasteiger charge is -2.15. The van der Waals surface area contributed by atoms with E-state index < -0.39 is 0 Å². The van der Waals surface area contributed by atoms with Gasteiger partial charge >= 0.3 is 0 Å². The van der Waals surface area contributed by atoms with Crippen molar-refractivity contribution in [3.63, 3.8) is 0 Å². The molecule has 92 valence electrons. The summed E-state index contributed by atoms with van der Waals surface area (Å²) in [4.78, 5) is 0. The summed E-state index contributed by atoms with van der Waals surface area (Å²) < 4.78 is 5.35. The van der Waals surface area contributed by atoms with Crippen LogP contribution in [0.3, 0.4) is 0 Å². The molecule has 0 bridgehead atoms. The van der Waals surface area contributed by atoms with Gasteiger partial charge in [-0.1, -0.05) is 34.1 Å². The maximum absolute atomic E-state index is 9.56. The van der Waals surface area contributed by atoms with E-state index in [1.807, 2.05) is 0 Å². The molecule has 0 amide bonds. The van der Waals surface area contributed by atoms with Gasteiger partial charge in [0.05, 0.1) is 12.7 Å². The van der Waals surface area contributed by atoms with Crippen LogP contribution in [-0.4, -0.2) is 37.5 Å². The summed E-state index contributed by atoms with van der Waals surface area (Å²) in [5.41, 5.74) is 0. The maximum atomic E-state index is 9.56. The van der Waals surface area contributed by atoms with Crippen molar-refractivity contribution in [3.8, 4) is 0 Å². The molecule has 0 heterocycles. The van der Waals surface area contributed by atoms with Gasteiger partial charge in [0, 0.05) is 13.2 Å². The van der Waals surface area contributed by atoms with Crippen molar-refractivity contribution in [1.82, 2.24) is 5.32 Å². The average Bonchev–Trinajstić information content (AvgIpc) is 2.17. The predicted octanol–water partition coefficient (Wildman–Crippen LogP) is 1.66. The molecule has 15 heavy (non-hydrogen) atoms. The fourth-order valence-electron chi connectivity index (χ4n) is 1.14. The Kier molecular flexibility index (Phi) is 9.06. The average molecular weight is 217 g/mol. The first-order chi connectivity index (χ1) is 7.06. The van der Waals surface area contributed by atoms with E-state index in [-0.39, 0.29) is 6.10 Å². The van der Waals surface area contributed by atoms with Gasteiger partial charge in [0.2, 0.25) is 0 Å². The largest absolute Gasteiger partial charge is 0.389 e. The van der Waals surface area contributed by atoms with E-state index in [1.54, 1.807) is 0 Å². The Morgan fingerprint density at radius 2 is 1.80 bits per heavy atom. The normalized spacial score (nSPS) is 15.6. The predicted molar refractivity (Wildman–Crippen MR) is 64.0 cm³/mol. The van der Waals surface area contributed by atoms with Crippen LogP contribution in [0.5, 0.6) is 0 Å². The van der Waals surface area contributed by atoms with Gasteiger partial charge in [-0.25, -0.2) is 0 Å². The molecule has 0 fully saturated rings. The Hall–Kier alpha value is -0.120. The number of rotatable bonds is 9. The molecule has 0 radical (unpaired) electrons. The van der Waals surface area contributed by atoms with E-state index in [9.17, 15) is 5.11 Å². The van der Waals surface area contributed by atoms with E-state index in [2.05, 4.69) is 33.0 Å². The molecular formula is C12H27NO2. The number of aliphatic hydroxyl groups is 1. The van der Waals surface area contributed by atoms with Crippen molar-refractivity contribution in [2.24, 2.45) is 11.8 Å². The van der Waals surface area contributed by atoms with E-state index in [0.29, 0.717) is 25.0 Å². The monoisotopic (exact) mass is 217 g/mol. The van der Waals surface area contributed by atoms with Gasteiger partial charge in [-0.3, -0.25) is 0 Å². The minimum Gasteiger partial charge on any atom is -0.389 e. The molecule has 2 unspecified atom stereocenters. The number of aliphatic hydroxyl groups excluding tert-OH is 1. The molecule has 0 aromatic rings. The summed E-state index contributed by atoms with van der Waals surface area (Å²) in [6.45, 7) is 11.3. The second-order valence-corrected chi connectivity index (χ2v) is 4.76. The van der Waals surface area contributed by atoms with Crippen molar-refractivity contribution in [2.75, 3.05) is 26.3 Å². The zero-order valence-corrected chi connectivity index (χ0v) is 10.6. The number of ether oxygens (including phenoxy) is 1. The summed E-state index contributed by atoms with van der Waals surface area (Å²) in [7, 11) is 0. The van der Waals surface area contributed by atoms with E-state index >= 15 is 0 Å². The Morgan fingerprint density at radius 1 is 1.13 bits per heavy atom. The minimum atomic E-state index is -0.382. The molecule has 2 atom stereocenters. The summed E-state index contributed by atoms with van der Waals surface area (Å²) in [5, 5.41) is 12.8. The van der Waals surface area contributed by atoms with Crippen LogP contribution < -0.4 is 5.32 Å². The van der Waals surface area contributed by atoms with Crippen LogP contribution in [-0.2, 0) is 4.74 Å². The smallest absolute Gasteiger partial charge is 0.0897 e. The Morgan fingerprint density at radius 3 is 2.33 bits per heavy atom. The van der Waals surface area contributed by atoms with Gasteiger partial charge in [-0.05, 0) is 18.4 Å². The summed E-state index contributed by atoms with van der Waals surface area (Å²) in [5.74, 6) is 1.21. The molecule has 0 rings (SSSR count). The maximum Gasteiger partial charge on any atom is 0.0897 e. The van der Waals surface area contributed by atoms with Crippen LogP contribution in [0.1, 0.15) is 34.1 Å². The van der Waals surface area contributed by atoms with Gasteiger partial charge in [0.25, 0.3) is 0 Å². The highest BCUT2D eigenvalue weighted by atomic mass is 16.5. The standard InChI is InChI=1S/C12H27NO2/c1-5-11(4)6-13-7-12(14)9-15-8-10(2)3/h10-14H,5-9H2,1-4H3. The van der Waals surface area contributed by atoms with Crippen LogP contribution in [0.25, 0.3) is 0 Å². The topological polar surface area (TPSA) is 41.5 Å². The fourth-order valence-corrected chi connectivity index (χ4v) is 1.14. The highest BCUT2D eigenvalue weighted by molar-refractivity contribution is 4.61. The van der Waals surface area contributed by atoms with E-state index in [1.165, 1.54) is 6.42 Å². The minimum absolute atomic E-state index is 0.382. The van der Waals surface area contributed by atoms with Gasteiger partial charge in [-0.2, -0.15) is 0 Å². The third-order valence-electron chi connectivity index (χ3n) is 2.33. The van der Waals surface area contributed by atoms with Crippen LogP contribution in [0.4, 0.5) is 0 Å². The zero-order chi connectivity index (χ0) is 11.7. The molecule has 2 N–H and O–H groups in total. The van der Waals surface area contributed by atoms with Gasteiger partial charge in [0.15, 0.2) is 0 Å². The number of hydrogen-bond acceptors (Lipinski definition) is 3. The molecule has 0 aromatic heterocycles. The van der Waals surface area contributed by atoms with Crippen molar-refractivity contribution < 1.29 is 9.84 Å². The third-order valence-corrected chi connectivity index (χ3v) is 2.33. The first kappa shape index (κ1) is 14.9. The third kappa shape index (κ3) is 10.2. The molecule has 0 aliphatic carbocycles. The lowest BCUT2D eigenvalue weighted by Crippen LogP contribution is -2.33. The van der Waals surface area contributed by atoms with Crippen LogP contribution in [0, 0.1) is 11.8 Å². The second-order valence-electron chi connectivity index (χ2n) is 4.76. The van der Waals surface area contributed by atoms with Crippen molar-refractivity contribution in [3.05, 3.63) is 0 Å². The van der Waals surface area contributed by atoms with Gasteiger partial charge in [-0.15, -0.1) is 0 Å². The zero-order valence-electron chi connectivity index (χ0n) is 10.6. The molecular weight excluding hydrogens is 190 g/mol. The highest BCUT2D eigenvalue weighted by Gasteiger charge is 2.05. The van der Waals surface area contributed by atoms with Crippen LogP contribution in [0.2, 0.25) is 0 Å². The lowest BCUT2D eigenvalue weighted by atomic mass is 10.1. The van der Waals surface area contributed by atoms with Crippen LogP contribution >= 0.6 is 0 Å². The molecule has 0 saturated carbocycles. The molecule has 0 aromatic carbocycles. The molecule has 3 heteroatoms. The van der Waals surface area contributed by atoms with Crippen molar-refractivity contribution in [2.45, 2.75) is 40.2 Å². The number of nitrogens with one attached hydrogen (secondary N) is 1. The van der Waals surface area contributed by atoms with Crippen molar-refractivity contribution in [1.29, 1.82) is 0 Å². The Balaban J connectivity index is 3.29. The molecule has 3 nitrogen and oxygen atoms in total. The first-order valence-electron chi connectivity index (χ1n) is 6.02. The molecule has 0 saturated heterocycles. The highest BCUT2D eigenvalue weighted by Crippen LogP contribution is 1.97. The number of hydrogen-bond donors (Lipinski definition) is 2. The molecule has 0 spiro atoms.